The molecule has 0 unspecified atom stereocenters. The van der Waals surface area contributed by atoms with Crippen LogP contribution in [0.1, 0.15) is 22.8 Å². The number of ether oxygens (including phenoxy) is 3. The highest BCUT2D eigenvalue weighted by molar-refractivity contribution is 5.90. The first-order chi connectivity index (χ1) is 10.7. The lowest BCUT2D eigenvalue weighted by Gasteiger charge is -2.13. The highest BCUT2D eigenvalue weighted by atomic mass is 19.1. The SMILES string of the molecule is CCOC(=O)c1ccc(OC)c(OCc2ccccc2)c1F. The predicted molar refractivity (Wildman–Crippen MR) is 79.7 cm³/mol. The molecule has 5 heteroatoms. The second-order valence-corrected chi connectivity index (χ2v) is 4.45. The molecule has 0 aliphatic carbocycles. The third-order valence-corrected chi connectivity index (χ3v) is 3.00. The standard InChI is InChI=1S/C17H17FO4/c1-3-21-17(19)13-9-10-14(20-2)16(15(13)18)22-11-12-7-5-4-6-8-12/h4-10H,3,11H2,1-2H3. The molecule has 2 rings (SSSR count). The van der Waals surface area contributed by atoms with Crippen molar-refractivity contribution in [3.63, 3.8) is 0 Å². The van der Waals surface area contributed by atoms with Gasteiger partial charge < -0.3 is 14.2 Å². The summed E-state index contributed by atoms with van der Waals surface area (Å²) in [7, 11) is 1.41. The molecule has 0 radical (unpaired) electrons. The molecule has 0 aliphatic rings. The number of benzene rings is 2. The highest BCUT2D eigenvalue weighted by Gasteiger charge is 2.21. The van der Waals surface area contributed by atoms with Crippen LogP contribution in [-0.2, 0) is 11.3 Å². The summed E-state index contributed by atoms with van der Waals surface area (Å²) >= 11 is 0. The number of halogens is 1. The predicted octanol–water partition coefficient (Wildman–Crippen LogP) is 3.59. The van der Waals surface area contributed by atoms with Crippen LogP contribution in [0, 0.1) is 5.82 Å². The van der Waals surface area contributed by atoms with Gasteiger partial charge in [0.05, 0.1) is 19.3 Å². The fraction of sp³-hybridized carbons (Fsp3) is 0.235. The number of hydrogen-bond acceptors (Lipinski definition) is 4. The lowest BCUT2D eigenvalue weighted by atomic mass is 10.2. The molecule has 4 nitrogen and oxygen atoms in total. The summed E-state index contributed by atoms with van der Waals surface area (Å²) in [4.78, 5) is 11.7. The van der Waals surface area contributed by atoms with Crippen molar-refractivity contribution in [2.45, 2.75) is 13.5 Å². The van der Waals surface area contributed by atoms with Crippen LogP contribution in [0.3, 0.4) is 0 Å². The summed E-state index contributed by atoms with van der Waals surface area (Å²) in [5, 5.41) is 0. The van der Waals surface area contributed by atoms with Crippen molar-refractivity contribution in [1.82, 2.24) is 0 Å². The Balaban J connectivity index is 2.27. The van der Waals surface area contributed by atoms with Gasteiger partial charge in [0, 0.05) is 0 Å². The van der Waals surface area contributed by atoms with Crippen molar-refractivity contribution in [3.8, 4) is 11.5 Å². The topological polar surface area (TPSA) is 44.8 Å². The monoisotopic (exact) mass is 304 g/mol. The number of methoxy groups -OCH3 is 1. The van der Waals surface area contributed by atoms with Gasteiger partial charge in [-0.25, -0.2) is 9.18 Å². The van der Waals surface area contributed by atoms with E-state index in [1.54, 1.807) is 6.92 Å². The molecule has 2 aromatic rings. The smallest absolute Gasteiger partial charge is 0.341 e. The number of hydrogen-bond donors (Lipinski definition) is 0. The van der Waals surface area contributed by atoms with E-state index in [4.69, 9.17) is 14.2 Å². The van der Waals surface area contributed by atoms with E-state index in [0.717, 1.165) is 5.56 Å². The Hall–Kier alpha value is -2.56. The lowest BCUT2D eigenvalue weighted by Crippen LogP contribution is -2.09. The number of carbonyl (C=O) groups excluding carboxylic acids is 1. The molecule has 0 aliphatic heterocycles. The average molecular weight is 304 g/mol. The first kappa shape index (κ1) is 15.8. The van der Waals surface area contributed by atoms with E-state index in [2.05, 4.69) is 0 Å². The van der Waals surface area contributed by atoms with Gasteiger partial charge in [-0.15, -0.1) is 0 Å². The van der Waals surface area contributed by atoms with Crippen LogP contribution in [0.5, 0.6) is 11.5 Å². The zero-order valence-corrected chi connectivity index (χ0v) is 12.5. The number of rotatable bonds is 6. The van der Waals surface area contributed by atoms with E-state index in [1.807, 2.05) is 30.3 Å². The van der Waals surface area contributed by atoms with Crippen molar-refractivity contribution < 1.29 is 23.4 Å². The second kappa shape index (κ2) is 7.45. The molecule has 0 atom stereocenters. The minimum atomic E-state index is -0.784. The molecule has 0 N–H and O–H groups in total. The van der Waals surface area contributed by atoms with Gasteiger partial charge in [-0.2, -0.15) is 0 Å². The maximum Gasteiger partial charge on any atom is 0.341 e. The maximum absolute atomic E-state index is 14.5. The summed E-state index contributed by atoms with van der Waals surface area (Å²) < 4.78 is 29.9. The van der Waals surface area contributed by atoms with Crippen LogP contribution < -0.4 is 9.47 Å². The summed E-state index contributed by atoms with van der Waals surface area (Å²) in [5.74, 6) is -1.39. The van der Waals surface area contributed by atoms with Crippen LogP contribution in [-0.4, -0.2) is 19.7 Å². The molecule has 2 aromatic carbocycles. The van der Waals surface area contributed by atoms with Crippen LogP contribution in [0.25, 0.3) is 0 Å². The summed E-state index contributed by atoms with van der Waals surface area (Å²) in [6.07, 6.45) is 0. The zero-order chi connectivity index (χ0) is 15.9. The molecular formula is C17H17FO4. The summed E-state index contributed by atoms with van der Waals surface area (Å²) in [6, 6.07) is 12.1. The fourth-order valence-corrected chi connectivity index (χ4v) is 1.93. The quantitative estimate of drug-likeness (QED) is 0.765. The Morgan fingerprint density at radius 3 is 2.50 bits per heavy atom. The number of carbonyl (C=O) groups is 1. The first-order valence-corrected chi connectivity index (χ1v) is 6.87. The minimum absolute atomic E-state index is 0.100. The van der Waals surface area contributed by atoms with Crippen molar-refractivity contribution in [1.29, 1.82) is 0 Å². The third-order valence-electron chi connectivity index (χ3n) is 3.00. The molecule has 0 saturated heterocycles. The molecule has 0 amide bonds. The Labute approximate surface area is 128 Å². The first-order valence-electron chi connectivity index (χ1n) is 6.87. The summed E-state index contributed by atoms with van der Waals surface area (Å²) in [5.41, 5.74) is 0.705. The van der Waals surface area contributed by atoms with Gasteiger partial charge >= 0.3 is 5.97 Å². The Morgan fingerprint density at radius 2 is 1.86 bits per heavy atom. The second-order valence-electron chi connectivity index (χ2n) is 4.45. The zero-order valence-electron chi connectivity index (χ0n) is 12.5. The third kappa shape index (κ3) is 3.55. The normalized spacial score (nSPS) is 10.1. The summed E-state index contributed by atoms with van der Waals surface area (Å²) in [6.45, 7) is 2.00. The van der Waals surface area contributed by atoms with E-state index in [9.17, 15) is 9.18 Å². The fourth-order valence-electron chi connectivity index (χ4n) is 1.93. The van der Waals surface area contributed by atoms with E-state index in [0.29, 0.717) is 0 Å². The van der Waals surface area contributed by atoms with Gasteiger partial charge in [0.2, 0.25) is 0 Å². The van der Waals surface area contributed by atoms with E-state index < -0.39 is 11.8 Å². The highest BCUT2D eigenvalue weighted by Crippen LogP contribution is 2.33. The van der Waals surface area contributed by atoms with Crippen molar-refractivity contribution >= 4 is 5.97 Å². The molecule has 0 fully saturated rings. The molecule has 0 aromatic heterocycles. The van der Waals surface area contributed by atoms with Gasteiger partial charge in [0.15, 0.2) is 17.3 Å². The molecule has 0 bridgehead atoms. The van der Waals surface area contributed by atoms with Crippen molar-refractivity contribution in [3.05, 3.63) is 59.4 Å². The van der Waals surface area contributed by atoms with Gasteiger partial charge in [-0.1, -0.05) is 30.3 Å². The molecule has 0 spiro atoms. The van der Waals surface area contributed by atoms with Crippen LogP contribution >= 0.6 is 0 Å². The Kier molecular flexibility index (Phi) is 5.36. The largest absolute Gasteiger partial charge is 0.493 e. The molecule has 0 saturated carbocycles. The maximum atomic E-state index is 14.5. The van der Waals surface area contributed by atoms with E-state index >= 15 is 0 Å². The minimum Gasteiger partial charge on any atom is -0.493 e. The Bertz CT molecular complexity index is 641. The van der Waals surface area contributed by atoms with Gasteiger partial charge in [-0.05, 0) is 24.6 Å². The molecule has 0 heterocycles. The number of esters is 1. The van der Waals surface area contributed by atoms with E-state index in [1.165, 1.54) is 19.2 Å². The molecule has 116 valence electrons. The van der Waals surface area contributed by atoms with Gasteiger partial charge in [0.25, 0.3) is 0 Å². The van der Waals surface area contributed by atoms with Crippen molar-refractivity contribution in [2.24, 2.45) is 0 Å². The van der Waals surface area contributed by atoms with Gasteiger partial charge in [0.1, 0.15) is 6.61 Å². The van der Waals surface area contributed by atoms with Crippen molar-refractivity contribution in [2.75, 3.05) is 13.7 Å². The van der Waals surface area contributed by atoms with Gasteiger partial charge in [-0.3, -0.25) is 0 Å². The van der Waals surface area contributed by atoms with Crippen LogP contribution in [0.15, 0.2) is 42.5 Å². The average Bonchev–Trinajstić information content (AvgIpc) is 2.54. The molecule has 22 heavy (non-hydrogen) atoms. The van der Waals surface area contributed by atoms with E-state index in [-0.39, 0.29) is 30.3 Å². The Morgan fingerprint density at radius 1 is 1.14 bits per heavy atom. The lowest BCUT2D eigenvalue weighted by molar-refractivity contribution is 0.0519. The molecular weight excluding hydrogens is 287 g/mol. The van der Waals surface area contributed by atoms with Crippen LogP contribution in [0.4, 0.5) is 4.39 Å². The van der Waals surface area contributed by atoms with Crippen LogP contribution in [0.2, 0.25) is 0 Å².